The highest BCUT2D eigenvalue weighted by Crippen LogP contribution is 2.26. The molecule has 4 rings (SSSR count). The average molecular weight is 291 g/mol. The lowest BCUT2D eigenvalue weighted by Gasteiger charge is -2.11. The summed E-state index contributed by atoms with van der Waals surface area (Å²) in [7, 11) is 0. The van der Waals surface area contributed by atoms with Gasteiger partial charge in [0.2, 0.25) is 0 Å². The quantitative estimate of drug-likeness (QED) is 0.673. The van der Waals surface area contributed by atoms with E-state index in [4.69, 9.17) is 4.99 Å². The minimum absolute atomic E-state index is 0.261. The zero-order valence-corrected chi connectivity index (χ0v) is 12.1. The van der Waals surface area contributed by atoms with Crippen LogP contribution in [0, 0.1) is 12.7 Å². The van der Waals surface area contributed by atoms with Crippen LogP contribution in [-0.4, -0.2) is 15.3 Å². The van der Waals surface area contributed by atoms with Gasteiger partial charge in [0.1, 0.15) is 11.6 Å². The van der Waals surface area contributed by atoms with Crippen LogP contribution in [0.15, 0.2) is 59.7 Å². The van der Waals surface area contributed by atoms with E-state index in [0.717, 1.165) is 34.0 Å². The van der Waals surface area contributed by atoms with Gasteiger partial charge in [-0.2, -0.15) is 0 Å². The van der Waals surface area contributed by atoms with Gasteiger partial charge < -0.3 is 4.57 Å². The number of hydrogen-bond donors (Lipinski definition) is 0. The lowest BCUT2D eigenvalue weighted by atomic mass is 10.0. The van der Waals surface area contributed by atoms with Crippen LogP contribution < -0.4 is 0 Å². The van der Waals surface area contributed by atoms with Crippen molar-refractivity contribution >= 4 is 5.71 Å². The molecule has 0 radical (unpaired) electrons. The first-order chi connectivity index (χ1) is 10.7. The minimum atomic E-state index is -0.261. The molecule has 3 nitrogen and oxygen atoms in total. The Balaban J connectivity index is 1.99. The third-order valence-electron chi connectivity index (χ3n) is 3.80. The van der Waals surface area contributed by atoms with Gasteiger partial charge in [-0.05, 0) is 25.1 Å². The van der Waals surface area contributed by atoms with Crippen LogP contribution in [0.1, 0.15) is 22.6 Å². The highest BCUT2D eigenvalue weighted by Gasteiger charge is 2.20. The maximum atomic E-state index is 13.8. The van der Waals surface area contributed by atoms with Crippen LogP contribution in [-0.2, 0) is 6.54 Å². The lowest BCUT2D eigenvalue weighted by molar-refractivity contribution is 0.627. The maximum Gasteiger partial charge on any atom is 0.135 e. The van der Waals surface area contributed by atoms with Crippen LogP contribution >= 0.6 is 0 Å². The van der Waals surface area contributed by atoms with E-state index in [9.17, 15) is 4.39 Å². The molecule has 0 saturated carbocycles. The molecule has 0 N–H and O–H groups in total. The van der Waals surface area contributed by atoms with Gasteiger partial charge in [0.15, 0.2) is 0 Å². The fourth-order valence-corrected chi connectivity index (χ4v) is 2.85. The Kier molecular flexibility index (Phi) is 2.89. The first-order valence-electron chi connectivity index (χ1n) is 7.17. The number of aromatic nitrogens is 2. The standard InChI is InChI=1S/C18H14FN3/c1-12-11-22-16-8-7-14(19)9-15(16)18(20-10-17(22)21-12)13-5-3-2-4-6-13/h2-9,11H,10H2,1H3. The molecule has 0 amide bonds. The maximum absolute atomic E-state index is 13.8. The summed E-state index contributed by atoms with van der Waals surface area (Å²) < 4.78 is 15.8. The molecule has 0 fully saturated rings. The van der Waals surface area contributed by atoms with E-state index >= 15 is 0 Å². The van der Waals surface area contributed by atoms with E-state index in [1.807, 2.05) is 48.0 Å². The van der Waals surface area contributed by atoms with E-state index in [-0.39, 0.29) is 5.82 Å². The van der Waals surface area contributed by atoms with Crippen LogP contribution in [0.5, 0.6) is 0 Å². The molecule has 0 aliphatic carbocycles. The van der Waals surface area contributed by atoms with E-state index in [2.05, 4.69) is 4.98 Å². The molecule has 2 aromatic carbocycles. The second kappa shape index (κ2) is 4.91. The number of aliphatic imine (C=N–C) groups is 1. The topological polar surface area (TPSA) is 30.2 Å². The number of hydrogen-bond acceptors (Lipinski definition) is 2. The average Bonchev–Trinajstić information content (AvgIpc) is 2.83. The van der Waals surface area contributed by atoms with Gasteiger partial charge in [0.05, 0.1) is 23.6 Å². The first kappa shape index (κ1) is 13.0. The molecule has 2 heterocycles. The van der Waals surface area contributed by atoms with Crippen molar-refractivity contribution in [3.8, 4) is 5.69 Å². The number of nitrogens with zero attached hydrogens (tertiary/aromatic N) is 3. The summed E-state index contributed by atoms with van der Waals surface area (Å²) in [5, 5.41) is 0. The van der Waals surface area contributed by atoms with E-state index in [1.165, 1.54) is 6.07 Å². The van der Waals surface area contributed by atoms with Crippen molar-refractivity contribution in [2.45, 2.75) is 13.5 Å². The van der Waals surface area contributed by atoms with Crippen molar-refractivity contribution in [2.75, 3.05) is 0 Å². The Labute approximate surface area is 127 Å². The highest BCUT2D eigenvalue weighted by atomic mass is 19.1. The fourth-order valence-electron chi connectivity index (χ4n) is 2.85. The molecular weight excluding hydrogens is 277 g/mol. The van der Waals surface area contributed by atoms with Crippen molar-refractivity contribution in [3.63, 3.8) is 0 Å². The first-order valence-corrected chi connectivity index (χ1v) is 7.17. The van der Waals surface area contributed by atoms with Crippen molar-refractivity contribution in [1.29, 1.82) is 0 Å². The van der Waals surface area contributed by atoms with Gasteiger partial charge in [0.25, 0.3) is 0 Å². The molecule has 22 heavy (non-hydrogen) atoms. The van der Waals surface area contributed by atoms with Gasteiger partial charge in [-0.15, -0.1) is 0 Å². The molecule has 0 spiro atoms. The summed E-state index contributed by atoms with van der Waals surface area (Å²) >= 11 is 0. The molecule has 1 aliphatic rings. The Morgan fingerprint density at radius 3 is 2.73 bits per heavy atom. The smallest absolute Gasteiger partial charge is 0.135 e. The lowest BCUT2D eigenvalue weighted by Crippen LogP contribution is -2.07. The van der Waals surface area contributed by atoms with Crippen LogP contribution in [0.2, 0.25) is 0 Å². The molecule has 0 atom stereocenters. The molecular formula is C18H14FN3. The summed E-state index contributed by atoms with van der Waals surface area (Å²) in [6, 6.07) is 14.7. The predicted octanol–water partition coefficient (Wildman–Crippen LogP) is 3.67. The second-order valence-electron chi connectivity index (χ2n) is 5.36. The molecule has 0 unspecified atom stereocenters. The number of halogens is 1. The van der Waals surface area contributed by atoms with Gasteiger partial charge in [-0.1, -0.05) is 30.3 Å². The van der Waals surface area contributed by atoms with Crippen molar-refractivity contribution in [1.82, 2.24) is 9.55 Å². The van der Waals surface area contributed by atoms with Gasteiger partial charge in [-0.3, -0.25) is 4.99 Å². The van der Waals surface area contributed by atoms with Crippen LogP contribution in [0.3, 0.4) is 0 Å². The van der Waals surface area contributed by atoms with E-state index in [1.54, 1.807) is 12.1 Å². The molecule has 108 valence electrons. The number of aryl methyl sites for hydroxylation is 1. The summed E-state index contributed by atoms with van der Waals surface area (Å²) in [6.45, 7) is 2.43. The Morgan fingerprint density at radius 1 is 1.09 bits per heavy atom. The molecule has 1 aliphatic heterocycles. The van der Waals surface area contributed by atoms with Crippen molar-refractivity contribution < 1.29 is 4.39 Å². The van der Waals surface area contributed by atoms with Gasteiger partial charge >= 0.3 is 0 Å². The number of rotatable bonds is 1. The van der Waals surface area contributed by atoms with Crippen LogP contribution in [0.25, 0.3) is 5.69 Å². The molecule has 3 aromatic rings. The summed E-state index contributed by atoms with van der Waals surface area (Å²) in [6.07, 6.45) is 1.97. The Morgan fingerprint density at radius 2 is 1.91 bits per heavy atom. The monoisotopic (exact) mass is 291 g/mol. The van der Waals surface area contributed by atoms with Gasteiger partial charge in [-0.25, -0.2) is 9.37 Å². The van der Waals surface area contributed by atoms with Crippen LogP contribution in [0.4, 0.5) is 4.39 Å². The van der Waals surface area contributed by atoms with Crippen molar-refractivity contribution in [3.05, 3.63) is 83.2 Å². The predicted molar refractivity (Wildman–Crippen MR) is 84.0 cm³/mol. The second-order valence-corrected chi connectivity index (χ2v) is 5.36. The number of fused-ring (bicyclic) bond motifs is 3. The Hall–Kier alpha value is -2.75. The normalized spacial score (nSPS) is 13.1. The number of benzene rings is 2. The number of imidazole rings is 1. The van der Waals surface area contributed by atoms with E-state index < -0.39 is 0 Å². The molecule has 0 bridgehead atoms. The summed E-state index contributed by atoms with van der Waals surface area (Å²) in [4.78, 5) is 9.22. The fraction of sp³-hybridized carbons (Fsp3) is 0.111. The minimum Gasteiger partial charge on any atom is -0.301 e. The SMILES string of the molecule is Cc1cn2c(n1)CN=C(c1ccccc1)c1cc(F)ccc1-2. The zero-order valence-electron chi connectivity index (χ0n) is 12.1. The largest absolute Gasteiger partial charge is 0.301 e. The summed E-state index contributed by atoms with van der Waals surface area (Å²) in [5.41, 5.74) is 4.43. The third kappa shape index (κ3) is 2.04. The molecule has 0 saturated heterocycles. The van der Waals surface area contributed by atoms with Gasteiger partial charge in [0, 0.05) is 17.3 Å². The Bertz CT molecular complexity index is 879. The zero-order chi connectivity index (χ0) is 15.1. The molecule has 1 aromatic heterocycles. The summed E-state index contributed by atoms with van der Waals surface area (Å²) in [5.74, 6) is 0.610. The highest BCUT2D eigenvalue weighted by molar-refractivity contribution is 6.15. The van der Waals surface area contributed by atoms with E-state index in [0.29, 0.717) is 6.54 Å². The third-order valence-corrected chi connectivity index (χ3v) is 3.80. The van der Waals surface area contributed by atoms with Crippen molar-refractivity contribution in [2.24, 2.45) is 4.99 Å². The molecule has 4 heteroatoms.